The molecule has 112 valence electrons. The summed E-state index contributed by atoms with van der Waals surface area (Å²) in [5, 5.41) is 5.70. The van der Waals surface area contributed by atoms with Gasteiger partial charge in [0.15, 0.2) is 5.11 Å². The Bertz CT molecular complexity index is 538. The fourth-order valence-corrected chi connectivity index (χ4v) is 2.23. The minimum atomic E-state index is -0.198. The number of nitrogens with one attached hydrogen (secondary N) is 2. The van der Waals surface area contributed by atoms with Gasteiger partial charge in [-0.25, -0.2) is 0 Å². The van der Waals surface area contributed by atoms with Crippen molar-refractivity contribution in [2.45, 2.75) is 32.6 Å². The predicted octanol–water partition coefficient (Wildman–Crippen LogP) is 2.99. The Morgan fingerprint density at radius 1 is 1.14 bits per heavy atom. The fraction of sp³-hybridized carbons (Fsp3) is 0.375. The Morgan fingerprint density at radius 2 is 1.90 bits per heavy atom. The van der Waals surface area contributed by atoms with Gasteiger partial charge in [0.1, 0.15) is 11.4 Å². The Kier molecular flexibility index (Phi) is 5.75. The minimum Gasteiger partial charge on any atom is -0.494 e. The first-order valence-electron chi connectivity index (χ1n) is 7.26. The van der Waals surface area contributed by atoms with Gasteiger partial charge in [0.05, 0.1) is 6.61 Å². The number of unbranched alkanes of at least 4 members (excludes halogenated alkanes) is 3. The zero-order valence-electron chi connectivity index (χ0n) is 12.1. The highest BCUT2D eigenvalue weighted by atomic mass is 32.1. The van der Waals surface area contributed by atoms with Crippen molar-refractivity contribution in [3.05, 3.63) is 35.5 Å². The van der Waals surface area contributed by atoms with Gasteiger partial charge >= 0.3 is 0 Å². The third-order valence-electron chi connectivity index (χ3n) is 3.18. The molecule has 0 saturated carbocycles. The van der Waals surface area contributed by atoms with Crippen molar-refractivity contribution >= 4 is 29.3 Å². The number of hydrogen-bond donors (Lipinski definition) is 2. The predicted molar refractivity (Wildman–Crippen MR) is 87.9 cm³/mol. The van der Waals surface area contributed by atoms with Crippen molar-refractivity contribution in [1.82, 2.24) is 10.6 Å². The first-order valence-corrected chi connectivity index (χ1v) is 7.67. The molecule has 0 atom stereocenters. The van der Waals surface area contributed by atoms with Crippen LogP contribution in [0.25, 0.3) is 6.08 Å². The summed E-state index contributed by atoms with van der Waals surface area (Å²) in [4.78, 5) is 11.5. The average molecular weight is 304 g/mol. The number of rotatable bonds is 7. The molecule has 1 aromatic carbocycles. The maximum absolute atomic E-state index is 11.5. The Labute approximate surface area is 130 Å². The average Bonchev–Trinajstić information content (AvgIpc) is 2.78. The van der Waals surface area contributed by atoms with Gasteiger partial charge in [-0.1, -0.05) is 38.3 Å². The lowest BCUT2D eigenvalue weighted by Gasteiger charge is -2.06. The van der Waals surface area contributed by atoms with Crippen molar-refractivity contribution < 1.29 is 9.53 Å². The van der Waals surface area contributed by atoms with E-state index in [4.69, 9.17) is 17.0 Å². The largest absolute Gasteiger partial charge is 0.494 e. The molecule has 1 aromatic rings. The van der Waals surface area contributed by atoms with Gasteiger partial charge in [-0.3, -0.25) is 10.1 Å². The Morgan fingerprint density at radius 3 is 2.52 bits per heavy atom. The van der Waals surface area contributed by atoms with Crippen LogP contribution in [-0.2, 0) is 4.79 Å². The number of hydrogen-bond acceptors (Lipinski definition) is 3. The van der Waals surface area contributed by atoms with Gasteiger partial charge in [0.2, 0.25) is 0 Å². The van der Waals surface area contributed by atoms with Crippen molar-refractivity contribution in [3.8, 4) is 5.75 Å². The molecule has 1 amide bonds. The first-order chi connectivity index (χ1) is 10.2. The second-order valence-electron chi connectivity index (χ2n) is 4.94. The minimum absolute atomic E-state index is 0.198. The summed E-state index contributed by atoms with van der Waals surface area (Å²) in [5.74, 6) is 0.657. The van der Waals surface area contributed by atoms with Crippen molar-refractivity contribution in [3.63, 3.8) is 0 Å². The van der Waals surface area contributed by atoms with E-state index in [1.807, 2.05) is 24.3 Å². The molecule has 0 aromatic heterocycles. The molecule has 2 rings (SSSR count). The SMILES string of the molecule is CCCCCCOc1ccc(C=C2NC(=S)NC2=O)cc1. The highest BCUT2D eigenvalue weighted by Crippen LogP contribution is 2.15. The lowest BCUT2D eigenvalue weighted by Crippen LogP contribution is -2.21. The molecule has 0 aliphatic carbocycles. The first kappa shape index (κ1) is 15.5. The molecule has 4 nitrogen and oxygen atoms in total. The Hall–Kier alpha value is -1.88. The zero-order valence-corrected chi connectivity index (χ0v) is 13.0. The molecule has 21 heavy (non-hydrogen) atoms. The van der Waals surface area contributed by atoms with E-state index < -0.39 is 0 Å². The summed E-state index contributed by atoms with van der Waals surface area (Å²) in [6.07, 6.45) is 6.55. The molecule has 1 fully saturated rings. The maximum atomic E-state index is 11.5. The molecular weight excluding hydrogens is 284 g/mol. The molecule has 0 unspecified atom stereocenters. The molecule has 1 heterocycles. The van der Waals surface area contributed by atoms with Crippen LogP contribution in [0.4, 0.5) is 0 Å². The topological polar surface area (TPSA) is 50.4 Å². The lowest BCUT2D eigenvalue weighted by molar-refractivity contribution is -0.115. The molecule has 1 aliphatic heterocycles. The van der Waals surface area contributed by atoms with Gasteiger partial charge in [-0.2, -0.15) is 0 Å². The normalized spacial score (nSPS) is 16.0. The van der Waals surface area contributed by atoms with Gasteiger partial charge in [0, 0.05) is 0 Å². The third kappa shape index (κ3) is 4.86. The third-order valence-corrected chi connectivity index (χ3v) is 3.38. The van der Waals surface area contributed by atoms with E-state index >= 15 is 0 Å². The second-order valence-corrected chi connectivity index (χ2v) is 5.35. The number of amides is 1. The zero-order chi connectivity index (χ0) is 15.1. The smallest absolute Gasteiger partial charge is 0.273 e. The standard InChI is InChI=1S/C16H20N2O2S/c1-2-3-4-5-10-20-13-8-6-12(7-9-13)11-14-15(19)18-16(21)17-14/h6-9,11H,2-5,10H2,1H3,(H2,17,18,19,21). The Balaban J connectivity index is 1.86. The van der Waals surface area contributed by atoms with E-state index in [9.17, 15) is 4.79 Å². The highest BCUT2D eigenvalue weighted by molar-refractivity contribution is 7.80. The van der Waals surface area contributed by atoms with E-state index in [2.05, 4.69) is 17.6 Å². The summed E-state index contributed by atoms with van der Waals surface area (Å²) in [7, 11) is 0. The van der Waals surface area contributed by atoms with Crippen LogP contribution in [0.15, 0.2) is 30.0 Å². The van der Waals surface area contributed by atoms with E-state index in [-0.39, 0.29) is 5.91 Å². The highest BCUT2D eigenvalue weighted by Gasteiger charge is 2.19. The summed E-state index contributed by atoms with van der Waals surface area (Å²) < 4.78 is 5.68. The van der Waals surface area contributed by atoms with Gasteiger partial charge in [0.25, 0.3) is 5.91 Å². The summed E-state index contributed by atoms with van der Waals surface area (Å²) >= 11 is 4.88. The van der Waals surface area contributed by atoms with Crippen molar-refractivity contribution in [1.29, 1.82) is 0 Å². The van der Waals surface area contributed by atoms with E-state index in [1.54, 1.807) is 6.08 Å². The number of carbonyl (C=O) groups excluding carboxylic acids is 1. The summed E-state index contributed by atoms with van der Waals surface area (Å²) in [6.45, 7) is 2.94. The molecule has 2 N–H and O–H groups in total. The molecular formula is C16H20N2O2S. The number of carbonyl (C=O) groups is 1. The quantitative estimate of drug-likeness (QED) is 0.462. The van der Waals surface area contributed by atoms with Gasteiger partial charge in [-0.15, -0.1) is 0 Å². The van der Waals surface area contributed by atoms with Crippen LogP contribution in [-0.4, -0.2) is 17.6 Å². The van der Waals surface area contributed by atoms with Crippen LogP contribution >= 0.6 is 12.2 Å². The molecule has 0 bridgehead atoms. The van der Waals surface area contributed by atoms with Crippen molar-refractivity contribution in [2.24, 2.45) is 0 Å². The monoisotopic (exact) mass is 304 g/mol. The van der Waals surface area contributed by atoms with E-state index in [0.717, 1.165) is 24.3 Å². The second kappa shape index (κ2) is 7.78. The van der Waals surface area contributed by atoms with Crippen LogP contribution in [0, 0.1) is 0 Å². The number of thiocarbonyl (C=S) groups is 1. The van der Waals surface area contributed by atoms with Crippen molar-refractivity contribution in [2.75, 3.05) is 6.61 Å². The molecule has 0 radical (unpaired) electrons. The van der Waals surface area contributed by atoms with E-state index in [0.29, 0.717) is 10.8 Å². The van der Waals surface area contributed by atoms with Crippen LogP contribution in [0.2, 0.25) is 0 Å². The summed E-state index contributed by atoms with van der Waals surface area (Å²) in [5.41, 5.74) is 1.39. The summed E-state index contributed by atoms with van der Waals surface area (Å²) in [6, 6.07) is 7.67. The lowest BCUT2D eigenvalue weighted by atomic mass is 10.2. The van der Waals surface area contributed by atoms with Crippen LogP contribution in [0.3, 0.4) is 0 Å². The van der Waals surface area contributed by atoms with Gasteiger partial charge in [-0.05, 0) is 42.4 Å². The van der Waals surface area contributed by atoms with Crippen LogP contribution in [0.5, 0.6) is 5.75 Å². The maximum Gasteiger partial charge on any atom is 0.273 e. The molecule has 0 spiro atoms. The van der Waals surface area contributed by atoms with E-state index in [1.165, 1.54) is 19.3 Å². The fourth-order valence-electron chi connectivity index (χ4n) is 2.03. The molecule has 1 aliphatic rings. The van der Waals surface area contributed by atoms with Gasteiger partial charge < -0.3 is 10.1 Å². The van der Waals surface area contributed by atoms with Crippen LogP contribution in [0.1, 0.15) is 38.2 Å². The molecule has 1 saturated heterocycles. The molecule has 5 heteroatoms. The number of ether oxygens (including phenoxy) is 1. The van der Waals surface area contributed by atoms with Crippen LogP contribution < -0.4 is 15.4 Å². The number of benzene rings is 1.